The molecule has 9 nitrogen and oxygen atoms in total. The molecule has 3 aromatic carbocycles. The number of hydrogen-bond donors (Lipinski definition) is 4. The van der Waals surface area contributed by atoms with E-state index < -0.39 is 0 Å². The van der Waals surface area contributed by atoms with Crippen LogP contribution in [0.5, 0.6) is 17.2 Å². The molecule has 0 atom stereocenters. The Hall–Kier alpha value is -4.53. The van der Waals surface area contributed by atoms with Crippen molar-refractivity contribution < 1.29 is 14.3 Å². The molecule has 0 bridgehead atoms. The van der Waals surface area contributed by atoms with Gasteiger partial charge in [0.05, 0.1) is 6.08 Å². The molecule has 0 saturated heterocycles. The number of rotatable bonds is 5. The second-order valence-corrected chi connectivity index (χ2v) is 6.34. The second kappa shape index (κ2) is 8.23. The molecule has 0 fully saturated rings. The molecular formula is C21H20N6O3. The molecule has 7 N–H and O–H groups in total. The fourth-order valence-corrected chi connectivity index (χ4v) is 2.60. The number of ether oxygens (including phenoxy) is 2. The zero-order valence-electron chi connectivity index (χ0n) is 15.9. The number of nitrogens with two attached hydrogens (primary N) is 3. The summed E-state index contributed by atoms with van der Waals surface area (Å²) < 4.78 is 11.7. The van der Waals surface area contributed by atoms with Crippen LogP contribution in [0.1, 0.15) is 0 Å². The highest BCUT2D eigenvalue weighted by atomic mass is 16.7. The Morgan fingerprint density at radius 3 is 1.83 bits per heavy atom. The van der Waals surface area contributed by atoms with Crippen LogP contribution >= 0.6 is 0 Å². The average Bonchev–Trinajstić information content (AvgIpc) is 2.68. The van der Waals surface area contributed by atoms with E-state index in [2.05, 4.69) is 10.5 Å². The molecule has 0 aromatic heterocycles. The van der Waals surface area contributed by atoms with Crippen molar-refractivity contribution in [1.29, 1.82) is 0 Å². The van der Waals surface area contributed by atoms with E-state index in [1.165, 1.54) is 0 Å². The molecule has 0 amide bonds. The van der Waals surface area contributed by atoms with Gasteiger partial charge in [-0.1, -0.05) is 23.3 Å². The first-order valence-corrected chi connectivity index (χ1v) is 9.01. The van der Waals surface area contributed by atoms with Crippen molar-refractivity contribution >= 4 is 23.0 Å². The number of hydrazone groups is 1. The van der Waals surface area contributed by atoms with E-state index in [-0.39, 0.29) is 5.90 Å². The molecule has 0 aliphatic carbocycles. The third-order valence-corrected chi connectivity index (χ3v) is 3.87. The minimum atomic E-state index is 0.210. The fourth-order valence-electron chi connectivity index (χ4n) is 2.60. The van der Waals surface area contributed by atoms with Crippen LogP contribution in [0.25, 0.3) is 0 Å². The SMILES string of the molecule is Nc1cccc(OC2=CC(Oc3cccc(N)c3)=NN(Oc3cccc(N)c3)N2)c1. The van der Waals surface area contributed by atoms with E-state index in [4.69, 9.17) is 31.5 Å². The van der Waals surface area contributed by atoms with Gasteiger partial charge in [0, 0.05) is 35.3 Å². The Labute approximate surface area is 172 Å². The minimum Gasteiger partial charge on any atom is -0.439 e. The summed E-state index contributed by atoms with van der Waals surface area (Å²) in [6.45, 7) is 0. The van der Waals surface area contributed by atoms with Gasteiger partial charge in [0.2, 0.25) is 11.8 Å². The van der Waals surface area contributed by atoms with Crippen LogP contribution in [-0.4, -0.2) is 11.2 Å². The summed E-state index contributed by atoms with van der Waals surface area (Å²) in [4.78, 5) is 5.72. The lowest BCUT2D eigenvalue weighted by molar-refractivity contribution is -0.107. The minimum absolute atomic E-state index is 0.210. The summed E-state index contributed by atoms with van der Waals surface area (Å²) in [5.74, 6) is 2.03. The molecule has 0 radical (unpaired) electrons. The first kappa shape index (κ1) is 18.8. The monoisotopic (exact) mass is 404 g/mol. The van der Waals surface area contributed by atoms with Crippen LogP contribution in [0.3, 0.4) is 0 Å². The molecule has 30 heavy (non-hydrogen) atoms. The lowest BCUT2D eigenvalue weighted by Crippen LogP contribution is -2.42. The zero-order valence-corrected chi connectivity index (χ0v) is 15.9. The van der Waals surface area contributed by atoms with E-state index >= 15 is 0 Å². The van der Waals surface area contributed by atoms with Gasteiger partial charge in [-0.15, -0.1) is 0 Å². The number of nitrogens with zero attached hydrogens (tertiary/aromatic N) is 2. The van der Waals surface area contributed by atoms with Gasteiger partial charge in [-0.3, -0.25) is 0 Å². The van der Waals surface area contributed by atoms with Gasteiger partial charge in [-0.25, -0.2) is 5.43 Å². The summed E-state index contributed by atoms with van der Waals surface area (Å²) >= 11 is 0. The summed E-state index contributed by atoms with van der Waals surface area (Å²) in [7, 11) is 0. The Kier molecular flexibility index (Phi) is 5.16. The van der Waals surface area contributed by atoms with Gasteiger partial charge in [-0.05, 0) is 41.7 Å². The first-order chi connectivity index (χ1) is 14.5. The lowest BCUT2D eigenvalue weighted by Gasteiger charge is -2.25. The number of benzene rings is 3. The molecular weight excluding hydrogens is 384 g/mol. The first-order valence-electron chi connectivity index (χ1n) is 9.01. The third kappa shape index (κ3) is 4.84. The Morgan fingerprint density at radius 2 is 1.23 bits per heavy atom. The summed E-state index contributed by atoms with van der Waals surface area (Å²) in [5.41, 5.74) is 22.0. The van der Waals surface area contributed by atoms with E-state index in [1.54, 1.807) is 78.9 Å². The van der Waals surface area contributed by atoms with Gasteiger partial charge in [0.25, 0.3) is 0 Å². The fraction of sp³-hybridized carbons (Fsp3) is 0. The Morgan fingerprint density at radius 1 is 0.700 bits per heavy atom. The highest BCUT2D eigenvalue weighted by Crippen LogP contribution is 2.21. The van der Waals surface area contributed by atoms with Crippen molar-refractivity contribution in [3.63, 3.8) is 0 Å². The molecule has 1 aliphatic rings. The van der Waals surface area contributed by atoms with Crippen LogP contribution in [0.2, 0.25) is 0 Å². The van der Waals surface area contributed by atoms with Crippen LogP contribution in [0, 0.1) is 0 Å². The van der Waals surface area contributed by atoms with E-state index in [1.807, 2.05) is 0 Å². The van der Waals surface area contributed by atoms with Crippen molar-refractivity contribution in [2.45, 2.75) is 0 Å². The van der Waals surface area contributed by atoms with Crippen LogP contribution in [-0.2, 0) is 0 Å². The van der Waals surface area contributed by atoms with Crippen LogP contribution in [0.15, 0.2) is 89.9 Å². The number of nitrogen functional groups attached to an aromatic ring is 3. The van der Waals surface area contributed by atoms with Gasteiger partial charge in [0.1, 0.15) is 11.5 Å². The highest BCUT2D eigenvalue weighted by Gasteiger charge is 2.18. The molecule has 0 spiro atoms. The van der Waals surface area contributed by atoms with E-state index in [0.717, 1.165) is 5.28 Å². The molecule has 1 aliphatic heterocycles. The lowest BCUT2D eigenvalue weighted by atomic mass is 10.3. The molecule has 9 heteroatoms. The zero-order chi connectivity index (χ0) is 20.9. The maximum Gasteiger partial charge on any atom is 0.247 e. The van der Waals surface area contributed by atoms with Gasteiger partial charge in [0.15, 0.2) is 5.75 Å². The second-order valence-electron chi connectivity index (χ2n) is 6.34. The predicted molar refractivity (Wildman–Crippen MR) is 115 cm³/mol. The molecule has 1 heterocycles. The molecule has 152 valence electrons. The Balaban J connectivity index is 1.58. The van der Waals surface area contributed by atoms with Crippen LogP contribution in [0.4, 0.5) is 17.1 Å². The maximum absolute atomic E-state index is 5.86. The number of hydrogen-bond acceptors (Lipinski definition) is 9. The van der Waals surface area contributed by atoms with E-state index in [0.29, 0.717) is 40.2 Å². The third-order valence-electron chi connectivity index (χ3n) is 3.87. The summed E-state index contributed by atoms with van der Waals surface area (Å²) in [6.07, 6.45) is 1.57. The van der Waals surface area contributed by atoms with Crippen molar-refractivity contribution in [3.05, 3.63) is 84.8 Å². The smallest absolute Gasteiger partial charge is 0.247 e. The van der Waals surface area contributed by atoms with Crippen molar-refractivity contribution in [1.82, 2.24) is 10.7 Å². The predicted octanol–water partition coefficient (Wildman–Crippen LogP) is 2.86. The highest BCUT2D eigenvalue weighted by molar-refractivity contribution is 5.90. The van der Waals surface area contributed by atoms with Crippen molar-refractivity contribution in [2.24, 2.45) is 5.10 Å². The standard InChI is InChI=1S/C21H20N6O3/c22-14-4-1-7-17(10-14)28-20-13-21(29-18-8-2-5-15(23)11-18)26-27(25-20)30-19-9-3-6-16(24)12-19/h1-13,25H,22-24H2. The Bertz CT molecular complexity index is 1120. The van der Waals surface area contributed by atoms with Crippen molar-refractivity contribution in [2.75, 3.05) is 17.2 Å². The summed E-state index contributed by atoms with van der Waals surface area (Å²) in [6, 6.07) is 20.9. The van der Waals surface area contributed by atoms with Crippen molar-refractivity contribution in [3.8, 4) is 17.2 Å². The van der Waals surface area contributed by atoms with Gasteiger partial charge in [-0.2, -0.15) is 0 Å². The topological polar surface area (TPSA) is 133 Å². The average molecular weight is 404 g/mol. The van der Waals surface area contributed by atoms with Gasteiger partial charge >= 0.3 is 0 Å². The molecule has 4 rings (SSSR count). The largest absolute Gasteiger partial charge is 0.439 e. The number of hydrazine groups is 1. The molecule has 0 unspecified atom stereocenters. The summed E-state index contributed by atoms with van der Waals surface area (Å²) in [5, 5.41) is 5.38. The van der Waals surface area contributed by atoms with E-state index in [9.17, 15) is 0 Å². The quantitative estimate of drug-likeness (QED) is 0.477. The number of nitrogens with one attached hydrogen (secondary N) is 1. The normalized spacial score (nSPS) is 13.0. The molecule has 3 aromatic rings. The molecule has 0 saturated carbocycles. The maximum atomic E-state index is 5.86. The van der Waals surface area contributed by atoms with Gasteiger partial charge < -0.3 is 31.5 Å². The number of anilines is 3. The van der Waals surface area contributed by atoms with Crippen LogP contribution < -0.4 is 36.9 Å².